The second kappa shape index (κ2) is 7.30. The first kappa shape index (κ1) is 17.0. The van der Waals surface area contributed by atoms with Gasteiger partial charge < -0.3 is 4.74 Å². The van der Waals surface area contributed by atoms with E-state index in [0.29, 0.717) is 5.56 Å². The summed E-state index contributed by atoms with van der Waals surface area (Å²) in [5.74, 6) is -1.95. The van der Waals surface area contributed by atoms with Gasteiger partial charge in [-0.3, -0.25) is 9.78 Å². The minimum Gasteiger partial charge on any atom is -0.469 e. The van der Waals surface area contributed by atoms with Crippen LogP contribution in [0.1, 0.15) is 11.5 Å². The van der Waals surface area contributed by atoms with Crippen LogP contribution < -0.4 is 4.72 Å². The number of hydrogen-bond acceptors (Lipinski definition) is 5. The molecule has 2 rings (SSSR count). The van der Waals surface area contributed by atoms with Crippen LogP contribution in [0.2, 0.25) is 0 Å². The van der Waals surface area contributed by atoms with Gasteiger partial charge in [0.15, 0.2) is 0 Å². The molecule has 0 unspecified atom stereocenters. The van der Waals surface area contributed by atoms with Crippen LogP contribution in [0.25, 0.3) is 0 Å². The summed E-state index contributed by atoms with van der Waals surface area (Å²) in [4.78, 5) is 15.6. The van der Waals surface area contributed by atoms with E-state index in [-0.39, 0.29) is 11.4 Å². The van der Waals surface area contributed by atoms with Crippen molar-refractivity contribution < 1.29 is 22.3 Å². The zero-order chi connectivity index (χ0) is 16.9. The molecule has 23 heavy (non-hydrogen) atoms. The van der Waals surface area contributed by atoms with Gasteiger partial charge in [-0.05, 0) is 29.8 Å². The molecule has 0 amide bonds. The molecule has 0 aliphatic rings. The summed E-state index contributed by atoms with van der Waals surface area (Å²) >= 11 is 0. The topological polar surface area (TPSA) is 85.4 Å². The highest BCUT2D eigenvalue weighted by atomic mass is 32.2. The van der Waals surface area contributed by atoms with Crippen molar-refractivity contribution in [3.8, 4) is 0 Å². The first-order valence-electron chi connectivity index (χ1n) is 6.67. The van der Waals surface area contributed by atoms with Crippen molar-refractivity contribution in [3.05, 3.63) is 60.2 Å². The Morgan fingerprint density at radius 1 is 1.30 bits per heavy atom. The number of sulfonamides is 1. The maximum Gasteiger partial charge on any atom is 0.314 e. The van der Waals surface area contributed by atoms with Gasteiger partial charge in [-0.1, -0.05) is 12.1 Å². The van der Waals surface area contributed by atoms with Crippen molar-refractivity contribution >= 4 is 16.0 Å². The lowest BCUT2D eigenvalue weighted by Gasteiger charge is -2.16. The average Bonchev–Trinajstić information content (AvgIpc) is 2.57. The number of esters is 1. The fourth-order valence-electron chi connectivity index (χ4n) is 1.96. The van der Waals surface area contributed by atoms with E-state index in [9.17, 15) is 17.6 Å². The van der Waals surface area contributed by atoms with E-state index in [1.165, 1.54) is 55.9 Å². The van der Waals surface area contributed by atoms with E-state index in [1.54, 1.807) is 0 Å². The molecule has 0 saturated heterocycles. The van der Waals surface area contributed by atoms with Gasteiger partial charge in [0.1, 0.15) is 10.7 Å². The van der Waals surface area contributed by atoms with Crippen LogP contribution in [0.3, 0.4) is 0 Å². The normalized spacial score (nSPS) is 12.6. The largest absolute Gasteiger partial charge is 0.469 e. The number of methoxy groups -OCH3 is 1. The number of aromatic nitrogens is 1. The first-order chi connectivity index (χ1) is 10.9. The quantitative estimate of drug-likeness (QED) is 0.806. The standard InChI is InChI=1S/C15H15FN2O4S/c1-22-15(19)14(11-4-6-12(16)7-5-11)10-18-23(20,21)13-3-2-8-17-9-13/h2-9,14,18H,10H2,1H3/t14-/m1/s1. The molecular formula is C15H15FN2O4S. The van der Waals surface area contributed by atoms with Crippen molar-refractivity contribution in [2.75, 3.05) is 13.7 Å². The van der Waals surface area contributed by atoms with Crippen molar-refractivity contribution in [2.24, 2.45) is 0 Å². The summed E-state index contributed by atoms with van der Waals surface area (Å²) in [7, 11) is -2.60. The Bertz CT molecular complexity index is 764. The maximum atomic E-state index is 13.0. The van der Waals surface area contributed by atoms with E-state index in [1.807, 2.05) is 0 Å². The number of pyridine rings is 1. The second-order valence-electron chi connectivity index (χ2n) is 4.67. The molecule has 1 aromatic carbocycles. The fourth-order valence-corrected chi connectivity index (χ4v) is 2.97. The highest BCUT2D eigenvalue weighted by Gasteiger charge is 2.24. The molecule has 8 heteroatoms. The number of nitrogens with zero attached hydrogens (tertiary/aromatic N) is 1. The molecule has 2 aromatic rings. The van der Waals surface area contributed by atoms with Crippen LogP contribution in [0.5, 0.6) is 0 Å². The highest BCUT2D eigenvalue weighted by Crippen LogP contribution is 2.18. The van der Waals surface area contributed by atoms with Gasteiger partial charge in [-0.2, -0.15) is 0 Å². The lowest BCUT2D eigenvalue weighted by Crippen LogP contribution is -2.32. The van der Waals surface area contributed by atoms with Crippen LogP contribution in [-0.4, -0.2) is 33.0 Å². The Morgan fingerprint density at radius 2 is 2.00 bits per heavy atom. The van der Waals surface area contributed by atoms with Gasteiger partial charge in [0.25, 0.3) is 0 Å². The average molecular weight is 338 g/mol. The lowest BCUT2D eigenvalue weighted by molar-refractivity contribution is -0.142. The lowest BCUT2D eigenvalue weighted by atomic mass is 9.99. The van der Waals surface area contributed by atoms with Gasteiger partial charge in [0.2, 0.25) is 10.0 Å². The number of nitrogens with one attached hydrogen (secondary N) is 1. The molecule has 0 radical (unpaired) electrons. The third kappa shape index (κ3) is 4.33. The van der Waals surface area contributed by atoms with Crippen LogP contribution >= 0.6 is 0 Å². The minimum absolute atomic E-state index is 0.0114. The predicted molar refractivity (Wildman–Crippen MR) is 80.6 cm³/mol. The minimum atomic E-state index is -3.81. The number of ether oxygens (including phenoxy) is 1. The molecule has 6 nitrogen and oxygen atoms in total. The molecule has 0 fully saturated rings. The molecule has 0 spiro atoms. The highest BCUT2D eigenvalue weighted by molar-refractivity contribution is 7.89. The Kier molecular flexibility index (Phi) is 5.41. The monoisotopic (exact) mass is 338 g/mol. The van der Waals surface area contributed by atoms with Crippen molar-refractivity contribution in [3.63, 3.8) is 0 Å². The number of hydrogen-bond donors (Lipinski definition) is 1. The Hall–Kier alpha value is -2.32. The third-order valence-electron chi connectivity index (χ3n) is 3.18. The van der Waals surface area contributed by atoms with E-state index in [4.69, 9.17) is 0 Å². The number of halogens is 1. The van der Waals surface area contributed by atoms with Crippen LogP contribution in [0, 0.1) is 5.82 Å². The summed E-state index contributed by atoms with van der Waals surface area (Å²) in [6, 6.07) is 8.10. The zero-order valence-electron chi connectivity index (χ0n) is 12.3. The number of rotatable bonds is 6. The van der Waals surface area contributed by atoms with Gasteiger partial charge in [-0.15, -0.1) is 0 Å². The molecular weight excluding hydrogens is 323 g/mol. The molecule has 122 valence electrons. The molecule has 1 atom stereocenters. The Balaban J connectivity index is 2.19. The van der Waals surface area contributed by atoms with Gasteiger partial charge in [0, 0.05) is 18.9 Å². The van der Waals surface area contributed by atoms with Crippen LogP contribution in [-0.2, 0) is 19.6 Å². The summed E-state index contributed by atoms with van der Waals surface area (Å²) in [5, 5.41) is 0. The third-order valence-corrected chi connectivity index (χ3v) is 4.59. The molecule has 0 bridgehead atoms. The van der Waals surface area contributed by atoms with E-state index in [0.717, 1.165) is 0 Å². The molecule has 1 heterocycles. The maximum absolute atomic E-state index is 13.0. The van der Waals surface area contributed by atoms with Gasteiger partial charge >= 0.3 is 5.97 Å². The number of benzene rings is 1. The van der Waals surface area contributed by atoms with Gasteiger partial charge in [0.05, 0.1) is 13.0 Å². The van der Waals surface area contributed by atoms with Crippen molar-refractivity contribution in [2.45, 2.75) is 10.8 Å². The smallest absolute Gasteiger partial charge is 0.314 e. The predicted octanol–water partition coefficient (Wildman–Crippen LogP) is 1.46. The summed E-state index contributed by atoms with van der Waals surface area (Å²) in [5.41, 5.74) is 0.451. The molecule has 1 aromatic heterocycles. The first-order valence-corrected chi connectivity index (χ1v) is 8.15. The van der Waals surface area contributed by atoms with Gasteiger partial charge in [-0.25, -0.2) is 17.5 Å². The molecule has 0 aliphatic heterocycles. The summed E-state index contributed by atoms with van der Waals surface area (Å²) in [6.07, 6.45) is 2.65. The second-order valence-corrected chi connectivity index (χ2v) is 6.43. The van der Waals surface area contributed by atoms with E-state index in [2.05, 4.69) is 14.4 Å². The number of carbonyl (C=O) groups excluding carboxylic acids is 1. The van der Waals surface area contributed by atoms with Crippen LogP contribution in [0.15, 0.2) is 53.7 Å². The summed E-state index contributed by atoms with van der Waals surface area (Å²) < 4.78 is 44.4. The van der Waals surface area contributed by atoms with Crippen LogP contribution in [0.4, 0.5) is 4.39 Å². The molecule has 1 N–H and O–H groups in total. The Morgan fingerprint density at radius 3 is 2.57 bits per heavy atom. The zero-order valence-corrected chi connectivity index (χ0v) is 13.1. The Labute approximate surface area is 133 Å². The molecule has 0 saturated carbocycles. The summed E-state index contributed by atoms with van der Waals surface area (Å²) in [6.45, 7) is -0.213. The van der Waals surface area contributed by atoms with E-state index >= 15 is 0 Å². The van der Waals surface area contributed by atoms with Crippen molar-refractivity contribution in [1.82, 2.24) is 9.71 Å². The fraction of sp³-hybridized carbons (Fsp3) is 0.200. The molecule has 0 aliphatic carbocycles. The van der Waals surface area contributed by atoms with Crippen molar-refractivity contribution in [1.29, 1.82) is 0 Å². The van der Waals surface area contributed by atoms with E-state index < -0.39 is 27.7 Å². The SMILES string of the molecule is COC(=O)[C@H](CNS(=O)(=O)c1cccnc1)c1ccc(F)cc1. The number of carbonyl (C=O) groups is 1.